The highest BCUT2D eigenvalue weighted by atomic mass is 16.2. The molecule has 0 bridgehead atoms. The van der Waals surface area contributed by atoms with Gasteiger partial charge in [0, 0.05) is 49.2 Å². The van der Waals surface area contributed by atoms with Gasteiger partial charge in [-0.1, -0.05) is 6.07 Å². The second-order valence-electron chi connectivity index (χ2n) is 8.51. The Morgan fingerprint density at radius 2 is 2.06 bits per heavy atom. The van der Waals surface area contributed by atoms with E-state index in [2.05, 4.69) is 28.2 Å². The van der Waals surface area contributed by atoms with Crippen LogP contribution in [0.5, 0.6) is 0 Å². The van der Waals surface area contributed by atoms with Crippen molar-refractivity contribution < 1.29 is 4.79 Å². The molecule has 32 heavy (non-hydrogen) atoms. The van der Waals surface area contributed by atoms with Crippen LogP contribution in [0.25, 0.3) is 33.5 Å². The van der Waals surface area contributed by atoms with Crippen LogP contribution >= 0.6 is 0 Å². The summed E-state index contributed by atoms with van der Waals surface area (Å²) in [6.45, 7) is 4.20. The van der Waals surface area contributed by atoms with Gasteiger partial charge in [0.05, 0.1) is 28.4 Å². The van der Waals surface area contributed by atoms with E-state index < -0.39 is 0 Å². The van der Waals surface area contributed by atoms with Crippen LogP contribution in [-0.4, -0.2) is 44.1 Å². The Hall–Kier alpha value is -3.63. The minimum absolute atomic E-state index is 0.0148. The third kappa shape index (κ3) is 3.24. The van der Waals surface area contributed by atoms with E-state index in [1.807, 2.05) is 48.3 Å². The van der Waals surface area contributed by atoms with Gasteiger partial charge in [0.2, 0.25) is 0 Å². The first kappa shape index (κ1) is 20.3. The molecule has 1 saturated heterocycles. The number of likely N-dealkylation sites (tertiary alicyclic amines) is 1. The number of piperidine rings is 1. The number of aromatic nitrogens is 3. The third-order valence-electron chi connectivity index (χ3n) is 6.45. The summed E-state index contributed by atoms with van der Waals surface area (Å²) in [7, 11) is 1.99. The standard InChI is InChI=1S/C25H26N6O/c1-3-31-22-11-16(14-26)6-7-17(22)13-23(31)24-28-20-12-18(8-9-21(20)29(24)2)25(32)30-10-4-5-19(27)15-30/h6-9,11-13,19H,3-5,10,15,27H2,1-2H3/t19-/m1/s1. The van der Waals surface area contributed by atoms with Crippen LogP contribution in [-0.2, 0) is 13.6 Å². The monoisotopic (exact) mass is 426 g/mol. The molecule has 1 aliphatic heterocycles. The minimum Gasteiger partial charge on any atom is -0.338 e. The number of amides is 1. The van der Waals surface area contributed by atoms with E-state index in [1.54, 1.807) is 0 Å². The number of nitrogens with zero attached hydrogens (tertiary/aromatic N) is 5. The van der Waals surface area contributed by atoms with Crippen molar-refractivity contribution in [2.24, 2.45) is 12.8 Å². The molecule has 7 nitrogen and oxygen atoms in total. The number of nitriles is 1. The molecule has 2 N–H and O–H groups in total. The largest absolute Gasteiger partial charge is 0.338 e. The molecule has 1 amide bonds. The normalized spacial score (nSPS) is 16.6. The third-order valence-corrected chi connectivity index (χ3v) is 6.45. The fourth-order valence-corrected chi connectivity index (χ4v) is 4.79. The molecule has 1 aliphatic rings. The zero-order valence-corrected chi connectivity index (χ0v) is 18.4. The maximum absolute atomic E-state index is 13.0. The number of nitrogens with two attached hydrogens (primary N) is 1. The van der Waals surface area contributed by atoms with Gasteiger partial charge in [-0.3, -0.25) is 4.79 Å². The topological polar surface area (TPSA) is 92.9 Å². The highest BCUT2D eigenvalue weighted by molar-refractivity contribution is 5.98. The summed E-state index contributed by atoms with van der Waals surface area (Å²) in [5, 5.41) is 10.4. The van der Waals surface area contributed by atoms with Crippen molar-refractivity contribution in [2.75, 3.05) is 13.1 Å². The Morgan fingerprint density at radius 3 is 2.81 bits per heavy atom. The first-order chi connectivity index (χ1) is 15.5. The van der Waals surface area contributed by atoms with Gasteiger partial charge in [0.25, 0.3) is 5.91 Å². The van der Waals surface area contributed by atoms with Crippen molar-refractivity contribution in [3.05, 3.63) is 53.6 Å². The molecule has 0 aliphatic carbocycles. The van der Waals surface area contributed by atoms with E-state index >= 15 is 0 Å². The molecule has 1 fully saturated rings. The van der Waals surface area contributed by atoms with E-state index in [4.69, 9.17) is 10.7 Å². The van der Waals surface area contributed by atoms with Crippen LogP contribution < -0.4 is 5.73 Å². The lowest BCUT2D eigenvalue weighted by Crippen LogP contribution is -2.45. The van der Waals surface area contributed by atoms with Gasteiger partial charge >= 0.3 is 0 Å². The fraction of sp³-hybridized carbons (Fsp3) is 0.320. The van der Waals surface area contributed by atoms with Crippen LogP contribution in [0.15, 0.2) is 42.5 Å². The molecular formula is C25H26N6O. The van der Waals surface area contributed by atoms with Crippen molar-refractivity contribution in [1.82, 2.24) is 19.0 Å². The van der Waals surface area contributed by atoms with Crippen LogP contribution in [0, 0.1) is 11.3 Å². The number of hydrogen-bond donors (Lipinski definition) is 1. The van der Waals surface area contributed by atoms with E-state index in [1.165, 1.54) is 0 Å². The fourth-order valence-electron chi connectivity index (χ4n) is 4.79. The van der Waals surface area contributed by atoms with Crippen LogP contribution in [0.1, 0.15) is 35.7 Å². The maximum atomic E-state index is 13.0. The molecule has 0 radical (unpaired) electrons. The molecule has 2 aromatic carbocycles. The van der Waals surface area contributed by atoms with Gasteiger partial charge in [-0.2, -0.15) is 5.26 Å². The number of hydrogen-bond acceptors (Lipinski definition) is 4. The summed E-state index contributed by atoms with van der Waals surface area (Å²) in [6, 6.07) is 15.9. The number of imidazole rings is 1. The Bertz CT molecular complexity index is 1390. The molecule has 2 aromatic heterocycles. The molecule has 7 heteroatoms. The maximum Gasteiger partial charge on any atom is 0.253 e. The summed E-state index contributed by atoms with van der Waals surface area (Å²) in [6.07, 6.45) is 1.91. The summed E-state index contributed by atoms with van der Waals surface area (Å²) >= 11 is 0. The first-order valence-corrected chi connectivity index (χ1v) is 11.0. The zero-order valence-electron chi connectivity index (χ0n) is 18.4. The second kappa shape index (κ2) is 7.81. The summed E-state index contributed by atoms with van der Waals surface area (Å²) in [5.41, 5.74) is 11.1. The van der Waals surface area contributed by atoms with Gasteiger partial charge in [-0.05, 0) is 56.2 Å². The van der Waals surface area contributed by atoms with E-state index in [0.717, 1.165) is 59.4 Å². The lowest BCUT2D eigenvalue weighted by atomic mass is 10.1. The molecule has 4 aromatic rings. The lowest BCUT2D eigenvalue weighted by Gasteiger charge is -2.30. The molecule has 0 unspecified atom stereocenters. The number of carbonyl (C=O) groups excluding carboxylic acids is 1. The molecule has 162 valence electrons. The quantitative estimate of drug-likeness (QED) is 0.541. The summed E-state index contributed by atoms with van der Waals surface area (Å²) in [5.74, 6) is 0.849. The molecule has 0 saturated carbocycles. The van der Waals surface area contributed by atoms with Crippen LogP contribution in [0.4, 0.5) is 0 Å². The number of benzene rings is 2. The molecule has 0 spiro atoms. The van der Waals surface area contributed by atoms with Gasteiger partial charge in [-0.25, -0.2) is 4.98 Å². The summed E-state index contributed by atoms with van der Waals surface area (Å²) in [4.78, 5) is 19.8. The average Bonchev–Trinajstić information content (AvgIpc) is 3.34. The molecule has 3 heterocycles. The van der Waals surface area contributed by atoms with Crippen molar-refractivity contribution in [3.8, 4) is 17.6 Å². The number of rotatable bonds is 3. The molecular weight excluding hydrogens is 400 g/mol. The number of aryl methyl sites for hydroxylation is 2. The Morgan fingerprint density at radius 1 is 1.22 bits per heavy atom. The van der Waals surface area contributed by atoms with Crippen LogP contribution in [0.2, 0.25) is 0 Å². The Labute approximate surface area is 186 Å². The first-order valence-electron chi connectivity index (χ1n) is 11.0. The molecule has 1 atom stereocenters. The molecule has 5 rings (SSSR count). The van der Waals surface area contributed by atoms with E-state index in [-0.39, 0.29) is 11.9 Å². The van der Waals surface area contributed by atoms with Gasteiger partial charge in [0.1, 0.15) is 0 Å². The predicted octanol–water partition coefficient (Wildman–Crippen LogP) is 3.65. The highest BCUT2D eigenvalue weighted by Crippen LogP contribution is 2.31. The van der Waals surface area contributed by atoms with Crippen molar-refractivity contribution >= 4 is 27.8 Å². The zero-order chi connectivity index (χ0) is 22.4. The van der Waals surface area contributed by atoms with E-state index in [0.29, 0.717) is 17.7 Å². The van der Waals surface area contributed by atoms with Gasteiger partial charge in [-0.15, -0.1) is 0 Å². The second-order valence-corrected chi connectivity index (χ2v) is 8.51. The smallest absolute Gasteiger partial charge is 0.253 e. The SMILES string of the molecule is CCn1c(-c2nc3cc(C(=O)N4CCC[C@@H](N)C4)ccc3n2C)cc2ccc(C#N)cc21. The van der Waals surface area contributed by atoms with Gasteiger partial charge in [0.15, 0.2) is 5.82 Å². The van der Waals surface area contributed by atoms with Crippen molar-refractivity contribution in [2.45, 2.75) is 32.4 Å². The van der Waals surface area contributed by atoms with Crippen molar-refractivity contribution in [3.63, 3.8) is 0 Å². The average molecular weight is 427 g/mol. The summed E-state index contributed by atoms with van der Waals surface area (Å²) < 4.78 is 4.24. The van der Waals surface area contributed by atoms with Gasteiger partial charge < -0.3 is 19.8 Å². The van der Waals surface area contributed by atoms with Crippen molar-refractivity contribution in [1.29, 1.82) is 5.26 Å². The lowest BCUT2D eigenvalue weighted by molar-refractivity contribution is 0.0709. The highest BCUT2D eigenvalue weighted by Gasteiger charge is 2.23. The number of carbonyl (C=O) groups is 1. The Balaban J connectivity index is 1.58. The van der Waals surface area contributed by atoms with E-state index in [9.17, 15) is 10.1 Å². The van der Waals surface area contributed by atoms with Crippen LogP contribution in [0.3, 0.4) is 0 Å². The Kier molecular flexibility index (Phi) is 4.95. The minimum atomic E-state index is 0.0148. The number of fused-ring (bicyclic) bond motifs is 2. The predicted molar refractivity (Wildman–Crippen MR) is 125 cm³/mol.